The van der Waals surface area contributed by atoms with Crippen molar-refractivity contribution in [1.82, 2.24) is 4.90 Å². The van der Waals surface area contributed by atoms with Crippen LogP contribution >= 0.6 is 11.8 Å². The van der Waals surface area contributed by atoms with Gasteiger partial charge in [0.2, 0.25) is 5.91 Å². The van der Waals surface area contributed by atoms with Gasteiger partial charge in [-0.05, 0) is 25.1 Å². The minimum Gasteiger partial charge on any atom is -0.333 e. The Hall–Kier alpha value is -1.31. The Morgan fingerprint density at radius 1 is 1.25 bits per heavy atom. The van der Waals surface area contributed by atoms with E-state index in [0.717, 1.165) is 23.9 Å². The molecule has 0 saturated carbocycles. The zero-order chi connectivity index (χ0) is 15.3. The van der Waals surface area contributed by atoms with Crippen LogP contribution in [0, 0.1) is 11.6 Å². The average Bonchev–Trinajstić information content (AvgIpc) is 2.36. The van der Waals surface area contributed by atoms with Crippen molar-refractivity contribution >= 4 is 17.7 Å². The second-order valence-corrected chi connectivity index (χ2v) is 4.94. The first-order valence-corrected chi connectivity index (χ1v) is 6.64. The van der Waals surface area contributed by atoms with Crippen molar-refractivity contribution in [3.8, 4) is 0 Å². The van der Waals surface area contributed by atoms with Crippen molar-refractivity contribution in [1.29, 1.82) is 0 Å². The SMILES string of the molecule is CCN(CC(F)(F)F)C(=O)CSc1ccc(F)c(F)c1. The molecule has 0 saturated heterocycles. The number of benzene rings is 1. The number of alkyl halides is 3. The summed E-state index contributed by atoms with van der Waals surface area (Å²) in [6.45, 7) is 0.0449. The molecule has 1 rings (SSSR count). The zero-order valence-electron chi connectivity index (χ0n) is 10.5. The van der Waals surface area contributed by atoms with Gasteiger partial charge >= 0.3 is 6.18 Å². The van der Waals surface area contributed by atoms with Crippen LogP contribution in [0.1, 0.15) is 6.92 Å². The van der Waals surface area contributed by atoms with E-state index in [1.807, 2.05) is 0 Å². The van der Waals surface area contributed by atoms with Crippen LogP contribution in [0.3, 0.4) is 0 Å². The lowest BCUT2D eigenvalue weighted by Gasteiger charge is -2.22. The van der Waals surface area contributed by atoms with Gasteiger partial charge in [-0.2, -0.15) is 13.2 Å². The van der Waals surface area contributed by atoms with Gasteiger partial charge in [-0.1, -0.05) is 0 Å². The first-order chi connectivity index (χ1) is 9.23. The fourth-order valence-electron chi connectivity index (χ4n) is 1.40. The van der Waals surface area contributed by atoms with Crippen molar-refractivity contribution in [2.45, 2.75) is 18.0 Å². The summed E-state index contributed by atoms with van der Waals surface area (Å²) in [5, 5.41) is 0. The first-order valence-electron chi connectivity index (χ1n) is 5.65. The van der Waals surface area contributed by atoms with E-state index in [4.69, 9.17) is 0 Å². The van der Waals surface area contributed by atoms with Crippen LogP contribution in [-0.2, 0) is 4.79 Å². The van der Waals surface area contributed by atoms with Crippen molar-refractivity contribution in [3.63, 3.8) is 0 Å². The zero-order valence-corrected chi connectivity index (χ0v) is 11.3. The molecule has 0 aliphatic rings. The molecule has 0 spiro atoms. The van der Waals surface area contributed by atoms with Gasteiger partial charge in [0.05, 0.1) is 5.75 Å². The maximum Gasteiger partial charge on any atom is 0.406 e. The number of rotatable bonds is 5. The Morgan fingerprint density at radius 2 is 1.90 bits per heavy atom. The van der Waals surface area contributed by atoms with E-state index in [0.29, 0.717) is 4.90 Å². The van der Waals surface area contributed by atoms with Crippen LogP contribution in [0.2, 0.25) is 0 Å². The summed E-state index contributed by atoms with van der Waals surface area (Å²) in [7, 11) is 0. The molecule has 0 aliphatic carbocycles. The number of carbonyl (C=O) groups excluding carboxylic acids is 1. The molecule has 0 N–H and O–H groups in total. The Kier molecular flexibility index (Phi) is 5.79. The minimum atomic E-state index is -4.46. The molecule has 0 unspecified atom stereocenters. The Balaban J connectivity index is 2.59. The number of amides is 1. The third kappa shape index (κ3) is 5.36. The molecule has 1 amide bonds. The van der Waals surface area contributed by atoms with Gasteiger partial charge in [0.1, 0.15) is 6.54 Å². The molecule has 1 aromatic carbocycles. The van der Waals surface area contributed by atoms with Crippen LogP contribution in [0.25, 0.3) is 0 Å². The summed E-state index contributed by atoms with van der Waals surface area (Å²) >= 11 is 0.856. The van der Waals surface area contributed by atoms with Crippen molar-refractivity contribution < 1.29 is 26.7 Å². The van der Waals surface area contributed by atoms with Crippen LogP contribution in [0.15, 0.2) is 23.1 Å². The molecule has 0 heterocycles. The number of nitrogens with zero attached hydrogens (tertiary/aromatic N) is 1. The molecule has 0 radical (unpaired) electrons. The van der Waals surface area contributed by atoms with Gasteiger partial charge in [-0.15, -0.1) is 11.8 Å². The normalized spacial score (nSPS) is 11.5. The third-order valence-corrected chi connectivity index (χ3v) is 3.34. The van der Waals surface area contributed by atoms with Gasteiger partial charge in [0.25, 0.3) is 0 Å². The molecule has 1 aromatic rings. The Labute approximate surface area is 116 Å². The number of halogens is 5. The highest BCUT2D eigenvalue weighted by molar-refractivity contribution is 8.00. The van der Waals surface area contributed by atoms with E-state index in [1.165, 1.54) is 13.0 Å². The average molecular weight is 313 g/mol. The van der Waals surface area contributed by atoms with Crippen molar-refractivity contribution in [2.75, 3.05) is 18.8 Å². The van der Waals surface area contributed by atoms with Gasteiger partial charge in [-0.25, -0.2) is 8.78 Å². The maximum absolute atomic E-state index is 12.9. The fraction of sp³-hybridized carbons (Fsp3) is 0.417. The first kappa shape index (κ1) is 16.7. The topological polar surface area (TPSA) is 20.3 Å². The summed E-state index contributed by atoms with van der Waals surface area (Å²) < 4.78 is 62.3. The molecule has 2 nitrogen and oxygen atoms in total. The molecule has 0 aliphatic heterocycles. The van der Waals surface area contributed by atoms with E-state index in [9.17, 15) is 26.7 Å². The van der Waals surface area contributed by atoms with Crippen molar-refractivity contribution in [2.24, 2.45) is 0 Å². The van der Waals surface area contributed by atoms with E-state index >= 15 is 0 Å². The number of thioether (sulfide) groups is 1. The van der Waals surface area contributed by atoms with Gasteiger partial charge in [0.15, 0.2) is 11.6 Å². The standard InChI is InChI=1S/C12H12F5NOS/c1-2-18(7-12(15,16)17)11(19)6-20-8-3-4-9(13)10(14)5-8/h3-5H,2,6-7H2,1H3. The smallest absolute Gasteiger partial charge is 0.333 e. The maximum atomic E-state index is 12.9. The van der Waals surface area contributed by atoms with E-state index in [1.54, 1.807) is 0 Å². The predicted octanol–water partition coefficient (Wildman–Crippen LogP) is 3.47. The second-order valence-electron chi connectivity index (χ2n) is 3.89. The Bertz CT molecular complexity index is 477. The molecule has 0 atom stereocenters. The van der Waals surface area contributed by atoms with E-state index < -0.39 is 30.3 Å². The highest BCUT2D eigenvalue weighted by atomic mass is 32.2. The van der Waals surface area contributed by atoms with Gasteiger partial charge in [-0.3, -0.25) is 4.79 Å². The number of hydrogen-bond acceptors (Lipinski definition) is 2. The quantitative estimate of drug-likeness (QED) is 0.613. The predicted molar refractivity (Wildman–Crippen MR) is 65.4 cm³/mol. The van der Waals surface area contributed by atoms with Crippen molar-refractivity contribution in [3.05, 3.63) is 29.8 Å². The van der Waals surface area contributed by atoms with Gasteiger partial charge in [0, 0.05) is 11.4 Å². The fourth-order valence-corrected chi connectivity index (χ4v) is 2.22. The lowest BCUT2D eigenvalue weighted by Crippen LogP contribution is -2.39. The van der Waals surface area contributed by atoms with E-state index in [2.05, 4.69) is 0 Å². The second kappa shape index (κ2) is 6.92. The summed E-state index contributed by atoms with van der Waals surface area (Å²) in [6.07, 6.45) is -4.46. The molecule has 0 bridgehead atoms. The van der Waals surface area contributed by atoms with Crippen LogP contribution in [0.5, 0.6) is 0 Å². The molecule has 8 heteroatoms. The number of carbonyl (C=O) groups is 1. The Morgan fingerprint density at radius 3 is 2.40 bits per heavy atom. The molecule has 20 heavy (non-hydrogen) atoms. The van der Waals surface area contributed by atoms with Crippen LogP contribution in [0.4, 0.5) is 22.0 Å². The highest BCUT2D eigenvalue weighted by Gasteiger charge is 2.32. The summed E-state index contributed by atoms with van der Waals surface area (Å²) in [5.41, 5.74) is 0. The van der Waals surface area contributed by atoms with Gasteiger partial charge < -0.3 is 4.90 Å². The minimum absolute atomic E-state index is 0.0727. The lowest BCUT2D eigenvalue weighted by molar-refractivity contribution is -0.159. The largest absolute Gasteiger partial charge is 0.406 e. The summed E-state index contributed by atoms with van der Waals surface area (Å²) in [6, 6.07) is 3.05. The van der Waals surface area contributed by atoms with Crippen LogP contribution < -0.4 is 0 Å². The van der Waals surface area contributed by atoms with Crippen LogP contribution in [-0.4, -0.2) is 35.8 Å². The third-order valence-electron chi connectivity index (χ3n) is 2.36. The molecule has 0 fully saturated rings. The molecular formula is C12H12F5NOS. The monoisotopic (exact) mass is 313 g/mol. The molecule has 0 aromatic heterocycles. The highest BCUT2D eigenvalue weighted by Crippen LogP contribution is 2.22. The summed E-state index contributed by atoms with van der Waals surface area (Å²) in [5.74, 6) is -3.06. The van der Waals surface area contributed by atoms with E-state index in [-0.39, 0.29) is 17.2 Å². The number of hydrogen-bond donors (Lipinski definition) is 0. The molecular weight excluding hydrogens is 301 g/mol. The summed E-state index contributed by atoms with van der Waals surface area (Å²) in [4.78, 5) is 12.6. The lowest BCUT2D eigenvalue weighted by atomic mass is 10.3. The molecule has 112 valence electrons.